The fourth-order valence-corrected chi connectivity index (χ4v) is 2.64. The number of rotatable bonds is 6. The maximum Gasteiger partial charge on any atom is 0.321 e. The number of nitrogens with one attached hydrogen (secondary N) is 2. The van der Waals surface area contributed by atoms with Crippen molar-refractivity contribution in [2.24, 2.45) is 0 Å². The molecule has 0 unspecified atom stereocenters. The van der Waals surface area contributed by atoms with Crippen molar-refractivity contribution in [3.8, 4) is 5.75 Å². The number of methoxy groups -OCH3 is 1. The van der Waals surface area contributed by atoms with Gasteiger partial charge in [0.1, 0.15) is 0 Å². The van der Waals surface area contributed by atoms with Crippen LogP contribution in [0.2, 0.25) is 0 Å². The van der Waals surface area contributed by atoms with Crippen molar-refractivity contribution >= 4 is 17.9 Å². The van der Waals surface area contributed by atoms with Crippen LogP contribution in [0, 0.1) is 5.82 Å². The molecule has 0 heterocycles. The smallest absolute Gasteiger partial charge is 0.321 e. The highest BCUT2D eigenvalue weighted by atomic mass is 19.1. The van der Waals surface area contributed by atoms with Crippen molar-refractivity contribution in [2.45, 2.75) is 38.1 Å². The molecule has 7 nitrogen and oxygen atoms in total. The third-order valence-electron chi connectivity index (χ3n) is 3.87. The monoisotopic (exact) mass is 352 g/mol. The fourth-order valence-electron chi connectivity index (χ4n) is 2.64. The lowest BCUT2D eigenvalue weighted by Gasteiger charge is -2.12. The topological polar surface area (TPSA) is 93.7 Å². The molecule has 3 amide bonds. The molecule has 0 spiro atoms. The minimum Gasteiger partial charge on any atom is -0.494 e. The first-order chi connectivity index (χ1) is 12.0. The Hall–Kier alpha value is -2.64. The molecule has 0 bridgehead atoms. The summed E-state index contributed by atoms with van der Waals surface area (Å²) in [5.74, 6) is -1.93. The number of amides is 3. The molecule has 2 rings (SSSR count). The number of esters is 1. The Labute approximate surface area is 144 Å². The Kier molecular flexibility index (Phi) is 6.73. The van der Waals surface area contributed by atoms with Crippen LogP contribution in [0.1, 0.15) is 31.2 Å². The van der Waals surface area contributed by atoms with Crippen LogP contribution in [0.15, 0.2) is 18.2 Å². The van der Waals surface area contributed by atoms with Crippen LogP contribution in [0.25, 0.3) is 0 Å². The summed E-state index contributed by atoms with van der Waals surface area (Å²) >= 11 is 0. The Morgan fingerprint density at radius 2 is 1.96 bits per heavy atom. The second kappa shape index (κ2) is 9.00. The van der Waals surface area contributed by atoms with Gasteiger partial charge in [0.2, 0.25) is 0 Å². The standard InChI is InChI=1S/C17H21FN2O5/c1-24-14-7-6-11(8-13(14)18)9-16(22)25-10-15(21)20-17(23)19-12-4-2-3-5-12/h6-8,12H,2-5,9-10H2,1H3,(H2,19,20,21,23). The van der Waals surface area contributed by atoms with E-state index in [1.807, 2.05) is 0 Å². The predicted octanol–water partition coefficient (Wildman–Crippen LogP) is 1.69. The Morgan fingerprint density at radius 1 is 1.24 bits per heavy atom. The molecule has 1 saturated carbocycles. The van der Waals surface area contributed by atoms with Crippen LogP contribution in [0.5, 0.6) is 5.75 Å². The first kappa shape index (κ1) is 18.7. The van der Waals surface area contributed by atoms with Gasteiger partial charge in [0.15, 0.2) is 18.2 Å². The molecule has 0 radical (unpaired) electrons. The van der Waals surface area contributed by atoms with Gasteiger partial charge in [0, 0.05) is 6.04 Å². The number of urea groups is 1. The van der Waals surface area contributed by atoms with Crippen molar-refractivity contribution in [3.63, 3.8) is 0 Å². The summed E-state index contributed by atoms with van der Waals surface area (Å²) < 4.78 is 23.1. The molecule has 0 atom stereocenters. The first-order valence-electron chi connectivity index (χ1n) is 8.06. The number of hydrogen-bond acceptors (Lipinski definition) is 5. The van der Waals surface area contributed by atoms with E-state index in [9.17, 15) is 18.8 Å². The second-order valence-electron chi connectivity index (χ2n) is 5.81. The highest BCUT2D eigenvalue weighted by molar-refractivity contribution is 5.95. The maximum atomic E-state index is 13.5. The Balaban J connectivity index is 1.70. The van der Waals surface area contributed by atoms with Crippen LogP contribution in [-0.2, 0) is 20.7 Å². The Morgan fingerprint density at radius 3 is 2.60 bits per heavy atom. The van der Waals surface area contributed by atoms with Gasteiger partial charge in [-0.05, 0) is 30.5 Å². The van der Waals surface area contributed by atoms with Gasteiger partial charge in [-0.15, -0.1) is 0 Å². The SMILES string of the molecule is COc1ccc(CC(=O)OCC(=O)NC(=O)NC2CCCC2)cc1F. The van der Waals surface area contributed by atoms with Gasteiger partial charge >= 0.3 is 12.0 Å². The Bertz CT molecular complexity index is 644. The van der Waals surface area contributed by atoms with E-state index < -0.39 is 30.3 Å². The number of hydrogen-bond donors (Lipinski definition) is 2. The highest BCUT2D eigenvalue weighted by Crippen LogP contribution is 2.18. The van der Waals surface area contributed by atoms with Crippen LogP contribution in [0.3, 0.4) is 0 Å². The first-order valence-corrected chi connectivity index (χ1v) is 8.06. The normalized spacial score (nSPS) is 14.0. The van der Waals surface area contributed by atoms with E-state index in [-0.39, 0.29) is 18.2 Å². The maximum absolute atomic E-state index is 13.5. The average molecular weight is 352 g/mol. The zero-order valence-electron chi connectivity index (χ0n) is 14.0. The van der Waals surface area contributed by atoms with E-state index in [1.165, 1.54) is 19.2 Å². The van der Waals surface area contributed by atoms with Crippen LogP contribution in [0.4, 0.5) is 9.18 Å². The lowest BCUT2D eigenvalue weighted by molar-refractivity contribution is -0.147. The zero-order valence-corrected chi connectivity index (χ0v) is 14.0. The summed E-state index contributed by atoms with van der Waals surface area (Å²) in [6.45, 7) is -0.574. The third kappa shape index (κ3) is 6.06. The number of ether oxygens (including phenoxy) is 2. The fraction of sp³-hybridized carbons (Fsp3) is 0.471. The molecular formula is C17H21FN2O5. The van der Waals surface area contributed by atoms with Crippen LogP contribution >= 0.6 is 0 Å². The molecule has 1 aromatic rings. The van der Waals surface area contributed by atoms with Gasteiger partial charge in [-0.1, -0.05) is 18.9 Å². The molecule has 1 fully saturated rings. The van der Waals surface area contributed by atoms with Crippen molar-refractivity contribution in [1.82, 2.24) is 10.6 Å². The number of carbonyl (C=O) groups excluding carboxylic acids is 3. The molecule has 0 aromatic heterocycles. The molecule has 0 saturated heterocycles. The van der Waals surface area contributed by atoms with Gasteiger partial charge < -0.3 is 14.8 Å². The van der Waals surface area contributed by atoms with Gasteiger partial charge in [0.25, 0.3) is 5.91 Å². The van der Waals surface area contributed by atoms with E-state index in [1.54, 1.807) is 0 Å². The average Bonchev–Trinajstić information content (AvgIpc) is 3.06. The molecule has 1 aromatic carbocycles. The van der Waals surface area contributed by atoms with E-state index in [0.29, 0.717) is 5.56 Å². The third-order valence-corrected chi connectivity index (χ3v) is 3.87. The minimum absolute atomic E-state index is 0.0739. The highest BCUT2D eigenvalue weighted by Gasteiger charge is 2.18. The summed E-state index contributed by atoms with van der Waals surface area (Å²) in [5, 5.41) is 4.80. The van der Waals surface area contributed by atoms with Crippen LogP contribution in [-0.4, -0.2) is 37.7 Å². The number of benzene rings is 1. The number of halogens is 1. The molecule has 8 heteroatoms. The van der Waals surface area contributed by atoms with Gasteiger partial charge in [-0.2, -0.15) is 0 Å². The van der Waals surface area contributed by atoms with E-state index >= 15 is 0 Å². The van der Waals surface area contributed by atoms with Gasteiger partial charge in [-0.3, -0.25) is 14.9 Å². The van der Waals surface area contributed by atoms with Crippen molar-refractivity contribution in [3.05, 3.63) is 29.6 Å². The van der Waals surface area contributed by atoms with Gasteiger partial charge in [0.05, 0.1) is 13.5 Å². The summed E-state index contributed by atoms with van der Waals surface area (Å²) in [4.78, 5) is 34.9. The lowest BCUT2D eigenvalue weighted by Crippen LogP contribution is -2.45. The van der Waals surface area contributed by atoms with E-state index in [0.717, 1.165) is 31.7 Å². The second-order valence-corrected chi connectivity index (χ2v) is 5.81. The van der Waals surface area contributed by atoms with Crippen molar-refractivity contribution in [1.29, 1.82) is 0 Å². The molecule has 136 valence electrons. The number of carbonyl (C=O) groups is 3. The van der Waals surface area contributed by atoms with Crippen LogP contribution < -0.4 is 15.4 Å². The largest absolute Gasteiger partial charge is 0.494 e. The lowest BCUT2D eigenvalue weighted by atomic mass is 10.1. The number of imide groups is 1. The molecular weight excluding hydrogens is 331 g/mol. The molecule has 1 aliphatic carbocycles. The summed E-state index contributed by atoms with van der Waals surface area (Å²) in [6.07, 6.45) is 3.72. The van der Waals surface area contributed by atoms with E-state index in [4.69, 9.17) is 9.47 Å². The molecule has 0 aliphatic heterocycles. The summed E-state index contributed by atoms with van der Waals surface area (Å²) in [6, 6.07) is 3.58. The van der Waals surface area contributed by atoms with Crippen molar-refractivity contribution in [2.75, 3.05) is 13.7 Å². The minimum atomic E-state index is -0.718. The van der Waals surface area contributed by atoms with Crippen molar-refractivity contribution < 1.29 is 28.2 Å². The van der Waals surface area contributed by atoms with E-state index in [2.05, 4.69) is 10.6 Å². The quantitative estimate of drug-likeness (QED) is 0.760. The molecule has 25 heavy (non-hydrogen) atoms. The predicted molar refractivity (Wildman–Crippen MR) is 86.5 cm³/mol. The molecule has 2 N–H and O–H groups in total. The summed E-state index contributed by atoms with van der Waals surface area (Å²) in [5.41, 5.74) is 0.391. The summed E-state index contributed by atoms with van der Waals surface area (Å²) in [7, 11) is 1.34. The zero-order chi connectivity index (χ0) is 18.2. The van der Waals surface area contributed by atoms with Gasteiger partial charge in [-0.25, -0.2) is 9.18 Å². The molecule has 1 aliphatic rings.